The van der Waals surface area contributed by atoms with Crippen LogP contribution >= 0.6 is 11.3 Å². The number of rotatable bonds is 4. The van der Waals surface area contributed by atoms with Crippen molar-refractivity contribution in [2.45, 2.75) is 57.9 Å². The summed E-state index contributed by atoms with van der Waals surface area (Å²) >= 11 is 1.17. The monoisotopic (exact) mass is 424 g/mol. The largest absolute Gasteiger partial charge is 0.361 e. The lowest BCUT2D eigenvalue weighted by atomic mass is 9.72. The molecule has 0 radical (unpaired) electrons. The number of amides is 1. The highest BCUT2D eigenvalue weighted by Crippen LogP contribution is 2.40. The van der Waals surface area contributed by atoms with Crippen LogP contribution in [0.4, 0.5) is 4.39 Å². The third-order valence-electron chi connectivity index (χ3n) is 7.28. The Bertz CT molecular complexity index is 1050. The van der Waals surface area contributed by atoms with Crippen molar-refractivity contribution in [3.63, 3.8) is 0 Å². The van der Waals surface area contributed by atoms with Gasteiger partial charge in [0, 0.05) is 46.5 Å². The van der Waals surface area contributed by atoms with Crippen LogP contribution in [-0.2, 0) is 11.2 Å². The molecule has 1 N–H and O–H groups in total. The lowest BCUT2D eigenvalue weighted by Gasteiger charge is -2.47. The molecule has 3 unspecified atom stereocenters. The molecule has 3 heterocycles. The molecule has 1 saturated heterocycles. The molecule has 158 valence electrons. The normalized spacial score (nSPS) is 24.2. The maximum atomic E-state index is 13.6. The van der Waals surface area contributed by atoms with Gasteiger partial charge in [-0.05, 0) is 61.3 Å². The minimum absolute atomic E-state index is 0.171. The van der Waals surface area contributed by atoms with E-state index >= 15 is 0 Å². The van der Waals surface area contributed by atoms with Gasteiger partial charge in [0.25, 0.3) is 0 Å². The van der Waals surface area contributed by atoms with Crippen molar-refractivity contribution in [1.82, 2.24) is 9.88 Å². The molecule has 2 aliphatic rings. The number of likely N-dealkylation sites (tertiary alicyclic amines) is 1. The van der Waals surface area contributed by atoms with E-state index < -0.39 is 0 Å². The number of nitrogens with one attached hydrogen (secondary N) is 1. The Kier molecular flexibility index (Phi) is 5.40. The van der Waals surface area contributed by atoms with Gasteiger partial charge in [-0.25, -0.2) is 0 Å². The van der Waals surface area contributed by atoms with E-state index in [0.29, 0.717) is 30.7 Å². The number of H-pyrrole nitrogens is 1. The Balaban J connectivity index is 1.36. The molecule has 30 heavy (non-hydrogen) atoms. The van der Waals surface area contributed by atoms with E-state index in [1.54, 1.807) is 0 Å². The summed E-state index contributed by atoms with van der Waals surface area (Å²) in [7, 11) is 0. The number of hydrogen-bond acceptors (Lipinski definition) is 2. The number of thiophene rings is 1. The molecule has 1 aliphatic carbocycles. The number of nitrogens with zero attached hydrogens (tertiary/aromatic N) is 1. The molecule has 1 saturated carbocycles. The van der Waals surface area contributed by atoms with Gasteiger partial charge in [0.1, 0.15) is 0 Å². The Morgan fingerprint density at radius 1 is 1.20 bits per heavy atom. The SMILES string of the molecule is CC1CCCC2C1CCCN2C(=O)CCc1c[nH]c2cccc(-c3ccc(F)s3)c12. The number of hydrogen-bond donors (Lipinski definition) is 1. The van der Waals surface area contributed by atoms with Crippen LogP contribution in [0.5, 0.6) is 0 Å². The summed E-state index contributed by atoms with van der Waals surface area (Å²) in [5, 5.41) is 0.950. The van der Waals surface area contributed by atoms with E-state index in [1.807, 2.05) is 30.5 Å². The molecule has 0 bridgehead atoms. The standard InChI is InChI=1S/C25H29FN2OS/c1-16-5-2-9-21-18(16)7-4-14-28(21)24(29)13-10-17-15-27-20-8-3-6-19(25(17)20)22-11-12-23(26)30-22/h3,6,8,11-12,15-16,18,21,27H,2,4-5,7,9-10,13-14H2,1H3. The molecular weight excluding hydrogens is 395 g/mol. The number of halogens is 1. The molecule has 1 aliphatic heterocycles. The highest BCUT2D eigenvalue weighted by Gasteiger charge is 2.38. The van der Waals surface area contributed by atoms with Crippen LogP contribution in [0.3, 0.4) is 0 Å². The third kappa shape index (κ3) is 3.58. The van der Waals surface area contributed by atoms with E-state index in [9.17, 15) is 9.18 Å². The summed E-state index contributed by atoms with van der Waals surface area (Å²) in [5.41, 5.74) is 3.24. The van der Waals surface area contributed by atoms with E-state index in [0.717, 1.165) is 45.8 Å². The smallest absolute Gasteiger partial charge is 0.223 e. The van der Waals surface area contributed by atoms with Crippen LogP contribution in [0, 0.1) is 17.0 Å². The van der Waals surface area contributed by atoms with Crippen molar-refractivity contribution in [3.8, 4) is 10.4 Å². The van der Waals surface area contributed by atoms with E-state index in [-0.39, 0.29) is 5.13 Å². The lowest BCUT2D eigenvalue weighted by Crippen LogP contribution is -2.51. The molecule has 3 nitrogen and oxygen atoms in total. The van der Waals surface area contributed by atoms with Crippen LogP contribution in [-0.4, -0.2) is 28.4 Å². The summed E-state index contributed by atoms with van der Waals surface area (Å²) in [6, 6.07) is 9.90. The number of aromatic nitrogens is 1. The zero-order valence-corrected chi connectivity index (χ0v) is 18.3. The second kappa shape index (κ2) is 8.18. The fraction of sp³-hybridized carbons (Fsp3) is 0.480. The van der Waals surface area contributed by atoms with Crippen molar-refractivity contribution in [1.29, 1.82) is 0 Å². The Labute approximate surface area is 181 Å². The van der Waals surface area contributed by atoms with Gasteiger partial charge >= 0.3 is 0 Å². The number of carbonyl (C=O) groups is 1. The molecule has 5 rings (SSSR count). The van der Waals surface area contributed by atoms with Gasteiger partial charge < -0.3 is 9.88 Å². The first kappa shape index (κ1) is 19.8. The average molecular weight is 425 g/mol. The number of fused-ring (bicyclic) bond motifs is 2. The van der Waals surface area contributed by atoms with Crippen molar-refractivity contribution in [2.24, 2.45) is 11.8 Å². The van der Waals surface area contributed by atoms with Crippen molar-refractivity contribution >= 4 is 28.1 Å². The minimum Gasteiger partial charge on any atom is -0.361 e. The second-order valence-corrected chi connectivity index (χ2v) is 10.0. The van der Waals surface area contributed by atoms with Crippen LogP contribution in [0.25, 0.3) is 21.3 Å². The Morgan fingerprint density at radius 3 is 2.93 bits per heavy atom. The zero-order chi connectivity index (χ0) is 20.7. The number of benzene rings is 1. The first-order chi connectivity index (χ1) is 14.6. The molecule has 0 spiro atoms. The highest BCUT2D eigenvalue weighted by molar-refractivity contribution is 7.14. The van der Waals surface area contributed by atoms with Gasteiger partial charge in [-0.3, -0.25) is 4.79 Å². The van der Waals surface area contributed by atoms with Crippen molar-refractivity contribution in [3.05, 3.63) is 47.2 Å². The van der Waals surface area contributed by atoms with Crippen molar-refractivity contribution in [2.75, 3.05) is 6.54 Å². The molecule has 1 aromatic carbocycles. The summed E-state index contributed by atoms with van der Waals surface area (Å²) < 4.78 is 13.6. The number of aryl methyl sites for hydroxylation is 1. The Morgan fingerprint density at radius 2 is 2.10 bits per heavy atom. The fourth-order valence-electron chi connectivity index (χ4n) is 5.80. The fourth-order valence-corrected chi connectivity index (χ4v) is 6.56. The second-order valence-electron chi connectivity index (χ2n) is 9.01. The van der Waals surface area contributed by atoms with Crippen LogP contribution < -0.4 is 0 Å². The minimum atomic E-state index is -0.171. The van der Waals surface area contributed by atoms with E-state index in [1.165, 1.54) is 43.1 Å². The van der Waals surface area contributed by atoms with Gasteiger partial charge in [0.05, 0.1) is 0 Å². The summed E-state index contributed by atoms with van der Waals surface area (Å²) in [4.78, 5) is 19.7. The molecule has 3 atom stereocenters. The maximum absolute atomic E-state index is 13.6. The molecule has 2 aromatic heterocycles. The number of aromatic amines is 1. The Hall–Kier alpha value is -2.14. The maximum Gasteiger partial charge on any atom is 0.223 e. The number of carbonyl (C=O) groups excluding carboxylic acids is 1. The molecule has 2 fully saturated rings. The predicted molar refractivity (Wildman–Crippen MR) is 121 cm³/mol. The van der Waals surface area contributed by atoms with Gasteiger partial charge in [0.2, 0.25) is 5.91 Å². The van der Waals surface area contributed by atoms with Gasteiger partial charge in [-0.1, -0.05) is 31.9 Å². The highest BCUT2D eigenvalue weighted by atomic mass is 32.1. The molecular formula is C25H29FN2OS. The molecule has 1 amide bonds. The average Bonchev–Trinajstić information content (AvgIpc) is 3.38. The van der Waals surface area contributed by atoms with Gasteiger partial charge in [0.15, 0.2) is 5.13 Å². The molecule has 5 heteroatoms. The van der Waals surface area contributed by atoms with E-state index in [2.05, 4.69) is 16.8 Å². The van der Waals surface area contributed by atoms with Gasteiger partial charge in [-0.2, -0.15) is 4.39 Å². The quantitative estimate of drug-likeness (QED) is 0.517. The van der Waals surface area contributed by atoms with Crippen molar-refractivity contribution < 1.29 is 9.18 Å². The summed E-state index contributed by atoms with van der Waals surface area (Å²) in [5.74, 6) is 1.72. The molecule has 3 aromatic rings. The number of piperidine rings is 1. The summed E-state index contributed by atoms with van der Waals surface area (Å²) in [6.07, 6.45) is 9.41. The first-order valence-electron chi connectivity index (χ1n) is 11.3. The lowest BCUT2D eigenvalue weighted by molar-refractivity contribution is -0.138. The third-order valence-corrected chi connectivity index (χ3v) is 8.18. The topological polar surface area (TPSA) is 36.1 Å². The summed E-state index contributed by atoms with van der Waals surface area (Å²) in [6.45, 7) is 3.28. The van der Waals surface area contributed by atoms with Gasteiger partial charge in [-0.15, -0.1) is 11.3 Å². The first-order valence-corrected chi connectivity index (χ1v) is 12.1. The van der Waals surface area contributed by atoms with E-state index in [4.69, 9.17) is 0 Å². The zero-order valence-electron chi connectivity index (χ0n) is 17.5. The predicted octanol–water partition coefficient (Wildman–Crippen LogP) is 6.40. The van der Waals surface area contributed by atoms with Crippen LogP contribution in [0.2, 0.25) is 0 Å². The van der Waals surface area contributed by atoms with Crippen LogP contribution in [0.15, 0.2) is 36.5 Å². The van der Waals surface area contributed by atoms with Crippen LogP contribution in [0.1, 0.15) is 51.0 Å².